The van der Waals surface area contributed by atoms with Crippen molar-refractivity contribution in [1.29, 1.82) is 0 Å². The van der Waals surface area contributed by atoms with Crippen LogP contribution in [0, 0.1) is 5.92 Å². The molecular formula is C17H25N3O5S. The number of rotatable bonds is 4. The number of anilines is 1. The molecule has 0 radical (unpaired) electrons. The molecule has 1 aromatic rings. The molecule has 0 bridgehead atoms. The lowest BCUT2D eigenvalue weighted by molar-refractivity contribution is -0.139. The Kier molecular flexibility index (Phi) is 6.57. The van der Waals surface area contributed by atoms with E-state index in [-0.39, 0.29) is 30.3 Å². The molecule has 1 aromatic heterocycles. The van der Waals surface area contributed by atoms with E-state index >= 15 is 0 Å². The van der Waals surface area contributed by atoms with Crippen LogP contribution in [0.15, 0.2) is 5.38 Å². The zero-order valence-electron chi connectivity index (χ0n) is 15.5. The van der Waals surface area contributed by atoms with Gasteiger partial charge < -0.3 is 19.7 Å². The van der Waals surface area contributed by atoms with Crippen LogP contribution in [0.3, 0.4) is 0 Å². The second kappa shape index (κ2) is 8.48. The number of amides is 2. The average molecular weight is 383 g/mol. The first kappa shape index (κ1) is 20.2. The van der Waals surface area contributed by atoms with Crippen LogP contribution in [0.1, 0.15) is 39.3 Å². The van der Waals surface area contributed by atoms with E-state index in [0.717, 1.165) is 0 Å². The Bertz CT molecular complexity index is 660. The molecule has 0 atom stereocenters. The highest BCUT2D eigenvalue weighted by molar-refractivity contribution is 7.13. The highest BCUT2D eigenvalue weighted by atomic mass is 32.1. The second-order valence-corrected chi connectivity index (χ2v) is 7.99. The van der Waals surface area contributed by atoms with Gasteiger partial charge in [-0.2, -0.15) is 0 Å². The van der Waals surface area contributed by atoms with Crippen molar-refractivity contribution in [2.24, 2.45) is 5.92 Å². The Morgan fingerprint density at radius 3 is 2.54 bits per heavy atom. The number of piperidine rings is 1. The number of hydrogen-bond donors (Lipinski definition) is 1. The van der Waals surface area contributed by atoms with Crippen molar-refractivity contribution in [3.63, 3.8) is 0 Å². The maximum absolute atomic E-state index is 12.4. The summed E-state index contributed by atoms with van der Waals surface area (Å²) in [5, 5.41) is 4.97. The zero-order chi connectivity index (χ0) is 19.3. The van der Waals surface area contributed by atoms with Gasteiger partial charge in [-0.15, -0.1) is 11.3 Å². The molecule has 1 N–H and O–H groups in total. The molecule has 9 heteroatoms. The fourth-order valence-electron chi connectivity index (χ4n) is 2.52. The normalized spacial score (nSPS) is 15.5. The van der Waals surface area contributed by atoms with Crippen molar-refractivity contribution in [2.45, 2.75) is 45.6 Å². The van der Waals surface area contributed by atoms with Gasteiger partial charge in [-0.25, -0.2) is 9.78 Å². The van der Waals surface area contributed by atoms with E-state index in [1.807, 2.05) is 20.8 Å². The van der Waals surface area contributed by atoms with Crippen LogP contribution in [0.25, 0.3) is 0 Å². The van der Waals surface area contributed by atoms with Crippen LogP contribution in [-0.4, -0.2) is 53.7 Å². The fourth-order valence-corrected chi connectivity index (χ4v) is 3.24. The number of methoxy groups -OCH3 is 1. The first-order chi connectivity index (χ1) is 12.2. The molecule has 144 valence electrons. The lowest BCUT2D eigenvalue weighted by Gasteiger charge is -2.32. The predicted octanol–water partition coefficient (Wildman–Crippen LogP) is 2.44. The zero-order valence-corrected chi connectivity index (χ0v) is 16.4. The van der Waals surface area contributed by atoms with Crippen molar-refractivity contribution < 1.29 is 23.9 Å². The summed E-state index contributed by atoms with van der Waals surface area (Å²) in [6, 6.07) is 0. The molecule has 0 saturated carbocycles. The van der Waals surface area contributed by atoms with Gasteiger partial charge in [0.2, 0.25) is 5.91 Å². The molecule has 1 fully saturated rings. The number of nitrogens with zero attached hydrogens (tertiary/aromatic N) is 2. The number of esters is 1. The monoisotopic (exact) mass is 383 g/mol. The van der Waals surface area contributed by atoms with Gasteiger partial charge in [0, 0.05) is 24.4 Å². The number of nitrogens with one attached hydrogen (secondary N) is 1. The van der Waals surface area contributed by atoms with E-state index in [9.17, 15) is 14.4 Å². The third kappa shape index (κ3) is 5.98. The first-order valence-electron chi connectivity index (χ1n) is 8.48. The van der Waals surface area contributed by atoms with Gasteiger partial charge in [-0.05, 0) is 33.6 Å². The lowest BCUT2D eigenvalue weighted by Crippen LogP contribution is -2.43. The van der Waals surface area contributed by atoms with Crippen molar-refractivity contribution in [3.05, 3.63) is 11.1 Å². The molecule has 0 spiro atoms. The highest BCUT2D eigenvalue weighted by Gasteiger charge is 2.30. The first-order valence-corrected chi connectivity index (χ1v) is 9.36. The number of ether oxygens (including phenoxy) is 2. The molecule has 1 saturated heterocycles. The summed E-state index contributed by atoms with van der Waals surface area (Å²) in [7, 11) is 1.32. The van der Waals surface area contributed by atoms with Crippen LogP contribution in [0.5, 0.6) is 0 Å². The average Bonchev–Trinajstić information content (AvgIpc) is 3.00. The third-order valence-corrected chi connectivity index (χ3v) is 4.66. The van der Waals surface area contributed by atoms with Gasteiger partial charge in [0.1, 0.15) is 5.60 Å². The van der Waals surface area contributed by atoms with Crippen LogP contribution >= 0.6 is 11.3 Å². The molecule has 2 heterocycles. The summed E-state index contributed by atoms with van der Waals surface area (Å²) >= 11 is 1.27. The van der Waals surface area contributed by atoms with E-state index in [4.69, 9.17) is 4.74 Å². The quantitative estimate of drug-likeness (QED) is 0.802. The minimum absolute atomic E-state index is 0.0805. The molecule has 8 nitrogen and oxygen atoms in total. The number of carbonyl (C=O) groups is 3. The van der Waals surface area contributed by atoms with Crippen molar-refractivity contribution >= 4 is 34.4 Å². The van der Waals surface area contributed by atoms with E-state index < -0.39 is 5.60 Å². The molecule has 0 aromatic carbocycles. The van der Waals surface area contributed by atoms with E-state index in [2.05, 4.69) is 15.0 Å². The fraction of sp³-hybridized carbons (Fsp3) is 0.647. The summed E-state index contributed by atoms with van der Waals surface area (Å²) in [5.41, 5.74) is 0.0369. The molecule has 2 rings (SSSR count). The van der Waals surface area contributed by atoms with Gasteiger partial charge in [-0.1, -0.05) is 0 Å². The van der Waals surface area contributed by atoms with Crippen LogP contribution < -0.4 is 5.32 Å². The third-order valence-electron chi connectivity index (χ3n) is 3.85. The molecule has 0 unspecified atom stereocenters. The Hall–Kier alpha value is -2.16. The van der Waals surface area contributed by atoms with Gasteiger partial charge in [0.05, 0.1) is 19.2 Å². The van der Waals surface area contributed by atoms with E-state index in [1.165, 1.54) is 18.4 Å². The van der Waals surface area contributed by atoms with Crippen molar-refractivity contribution in [1.82, 2.24) is 9.88 Å². The summed E-state index contributed by atoms with van der Waals surface area (Å²) in [4.78, 5) is 41.5. The number of thiazole rings is 1. The molecule has 1 aliphatic heterocycles. The summed E-state index contributed by atoms with van der Waals surface area (Å²) in [6.07, 6.45) is 0.886. The number of likely N-dealkylation sites (tertiary alicyclic amines) is 1. The topological polar surface area (TPSA) is 97.8 Å². The SMILES string of the molecule is COC(=O)Cc1csc(NC(=O)C2CCN(C(=O)OC(C)(C)C)CC2)n1. The van der Waals surface area contributed by atoms with Crippen molar-refractivity contribution in [3.8, 4) is 0 Å². The Labute approximate surface area is 156 Å². The molecule has 2 amide bonds. The van der Waals surface area contributed by atoms with Crippen LogP contribution in [0.4, 0.5) is 9.93 Å². The van der Waals surface area contributed by atoms with Crippen molar-refractivity contribution in [2.75, 3.05) is 25.5 Å². The molecule has 26 heavy (non-hydrogen) atoms. The summed E-state index contributed by atoms with van der Waals surface area (Å²) < 4.78 is 9.95. The van der Waals surface area contributed by atoms with Gasteiger partial charge in [-0.3, -0.25) is 9.59 Å². The smallest absolute Gasteiger partial charge is 0.410 e. The second-order valence-electron chi connectivity index (χ2n) is 7.13. The van der Waals surface area contributed by atoms with Crippen LogP contribution in [0.2, 0.25) is 0 Å². The number of hydrogen-bond acceptors (Lipinski definition) is 7. The molecular weight excluding hydrogens is 358 g/mol. The molecule has 0 aliphatic carbocycles. The maximum Gasteiger partial charge on any atom is 0.410 e. The predicted molar refractivity (Wildman–Crippen MR) is 97.0 cm³/mol. The number of aromatic nitrogens is 1. The van der Waals surface area contributed by atoms with Gasteiger partial charge in [0.25, 0.3) is 0 Å². The van der Waals surface area contributed by atoms with E-state index in [1.54, 1.807) is 10.3 Å². The standard InChI is InChI=1S/C17H25N3O5S/c1-17(2,3)25-16(23)20-7-5-11(6-8-20)14(22)19-15-18-12(10-26-15)9-13(21)24-4/h10-11H,5-9H2,1-4H3,(H,18,19,22). The lowest BCUT2D eigenvalue weighted by atomic mass is 9.96. The minimum Gasteiger partial charge on any atom is -0.469 e. The minimum atomic E-state index is -0.530. The van der Waals surface area contributed by atoms with Crippen LogP contribution in [-0.2, 0) is 25.5 Å². The van der Waals surface area contributed by atoms with E-state index in [0.29, 0.717) is 36.8 Å². The maximum atomic E-state index is 12.4. The largest absolute Gasteiger partial charge is 0.469 e. The highest BCUT2D eigenvalue weighted by Crippen LogP contribution is 2.23. The summed E-state index contributed by atoms with van der Waals surface area (Å²) in [5.74, 6) is -0.669. The Morgan fingerprint density at radius 2 is 1.96 bits per heavy atom. The summed E-state index contributed by atoms with van der Waals surface area (Å²) in [6.45, 7) is 6.45. The van der Waals surface area contributed by atoms with Gasteiger partial charge >= 0.3 is 12.1 Å². The molecule has 1 aliphatic rings. The van der Waals surface area contributed by atoms with Gasteiger partial charge in [0.15, 0.2) is 5.13 Å². The Morgan fingerprint density at radius 1 is 1.31 bits per heavy atom. The number of carbonyl (C=O) groups excluding carboxylic acids is 3. The Balaban J connectivity index is 1.81.